The molecule has 1 N–H and O–H groups in total. The molecule has 0 fully saturated rings. The summed E-state index contributed by atoms with van der Waals surface area (Å²) in [5.41, 5.74) is 2.93. The first-order valence-corrected chi connectivity index (χ1v) is 8.51. The van der Waals surface area contributed by atoms with Gasteiger partial charge in [-0.1, -0.05) is 48.2 Å². The first-order chi connectivity index (χ1) is 11.6. The zero-order chi connectivity index (χ0) is 16.9. The van der Waals surface area contributed by atoms with Gasteiger partial charge < -0.3 is 5.32 Å². The molecule has 0 unspecified atom stereocenters. The highest BCUT2D eigenvalue weighted by Gasteiger charge is 2.19. The van der Waals surface area contributed by atoms with Crippen molar-refractivity contribution in [3.05, 3.63) is 66.5 Å². The van der Waals surface area contributed by atoms with E-state index in [9.17, 15) is 4.79 Å². The first-order valence-electron chi connectivity index (χ1n) is 7.64. The highest BCUT2D eigenvalue weighted by molar-refractivity contribution is 8.00. The van der Waals surface area contributed by atoms with Crippen molar-refractivity contribution >= 4 is 23.4 Å². The van der Waals surface area contributed by atoms with Crippen molar-refractivity contribution in [2.24, 2.45) is 0 Å². The molecular weight excluding hydrogens is 320 g/mol. The van der Waals surface area contributed by atoms with Crippen molar-refractivity contribution < 1.29 is 4.79 Å². The van der Waals surface area contributed by atoms with Gasteiger partial charge in [-0.25, -0.2) is 0 Å². The third-order valence-corrected chi connectivity index (χ3v) is 4.64. The molecule has 1 aromatic heterocycles. The minimum absolute atomic E-state index is 0.0643. The molecule has 0 radical (unpaired) electrons. The molecule has 2 aromatic carbocycles. The van der Waals surface area contributed by atoms with Gasteiger partial charge in [-0.3, -0.25) is 9.36 Å². The molecule has 0 saturated carbocycles. The number of carbonyl (C=O) groups is 1. The van der Waals surface area contributed by atoms with E-state index in [0.717, 1.165) is 16.9 Å². The van der Waals surface area contributed by atoms with Crippen LogP contribution in [0.5, 0.6) is 0 Å². The fraction of sp³-hybridized carbons (Fsp3) is 0.167. The van der Waals surface area contributed by atoms with Crippen molar-refractivity contribution in [1.82, 2.24) is 14.8 Å². The fourth-order valence-corrected chi connectivity index (χ4v) is 3.12. The van der Waals surface area contributed by atoms with Crippen LogP contribution in [0.1, 0.15) is 12.5 Å². The highest BCUT2D eigenvalue weighted by Crippen LogP contribution is 2.25. The third kappa shape index (κ3) is 3.65. The number of para-hydroxylation sites is 2. The van der Waals surface area contributed by atoms with Crippen molar-refractivity contribution in [2.45, 2.75) is 24.3 Å². The summed E-state index contributed by atoms with van der Waals surface area (Å²) in [6, 6.07) is 17.4. The maximum atomic E-state index is 12.4. The topological polar surface area (TPSA) is 59.8 Å². The van der Waals surface area contributed by atoms with Crippen LogP contribution >= 0.6 is 11.8 Å². The molecule has 0 saturated heterocycles. The lowest BCUT2D eigenvalue weighted by molar-refractivity contribution is -0.115. The van der Waals surface area contributed by atoms with Crippen LogP contribution in [0.2, 0.25) is 0 Å². The fourth-order valence-electron chi connectivity index (χ4n) is 2.28. The Kier molecular flexibility index (Phi) is 4.96. The number of anilines is 1. The van der Waals surface area contributed by atoms with Gasteiger partial charge in [0.15, 0.2) is 5.16 Å². The number of rotatable bonds is 5. The maximum Gasteiger partial charge on any atom is 0.237 e. The molecule has 1 atom stereocenters. The maximum absolute atomic E-state index is 12.4. The minimum atomic E-state index is -0.294. The van der Waals surface area contributed by atoms with Gasteiger partial charge in [0, 0.05) is 5.69 Å². The van der Waals surface area contributed by atoms with E-state index in [1.54, 1.807) is 6.33 Å². The third-order valence-electron chi connectivity index (χ3n) is 3.58. The lowest BCUT2D eigenvalue weighted by Gasteiger charge is -2.13. The number of nitrogens with zero attached hydrogens (tertiary/aromatic N) is 3. The number of hydrogen-bond acceptors (Lipinski definition) is 4. The Morgan fingerprint density at radius 1 is 1.12 bits per heavy atom. The molecule has 24 heavy (non-hydrogen) atoms. The van der Waals surface area contributed by atoms with Crippen molar-refractivity contribution in [1.29, 1.82) is 0 Å². The van der Waals surface area contributed by atoms with Crippen molar-refractivity contribution in [3.63, 3.8) is 0 Å². The molecule has 6 heteroatoms. The number of nitrogens with one attached hydrogen (secondary N) is 1. The second-order valence-corrected chi connectivity index (χ2v) is 6.69. The highest BCUT2D eigenvalue weighted by atomic mass is 32.2. The lowest BCUT2D eigenvalue weighted by atomic mass is 10.2. The number of thioether (sulfide) groups is 1. The summed E-state index contributed by atoms with van der Waals surface area (Å²) in [4.78, 5) is 12.4. The number of carbonyl (C=O) groups excluding carboxylic acids is 1. The van der Waals surface area contributed by atoms with Gasteiger partial charge in [0.1, 0.15) is 6.33 Å². The summed E-state index contributed by atoms with van der Waals surface area (Å²) < 4.78 is 1.91. The Labute approximate surface area is 145 Å². The van der Waals surface area contributed by atoms with Gasteiger partial charge in [0.2, 0.25) is 5.91 Å². The summed E-state index contributed by atoms with van der Waals surface area (Å²) in [5.74, 6) is -0.0643. The number of amides is 1. The van der Waals surface area contributed by atoms with E-state index in [4.69, 9.17) is 0 Å². The standard InChI is InChI=1S/C18H18N4OS/c1-13-8-6-7-11-16(13)22-12-19-21-18(22)24-14(2)17(23)20-15-9-4-3-5-10-15/h3-12,14H,1-2H3,(H,20,23)/t14-/m0/s1. The van der Waals surface area contributed by atoms with Gasteiger partial charge in [0.25, 0.3) is 0 Å². The molecule has 0 spiro atoms. The molecule has 0 aliphatic heterocycles. The summed E-state index contributed by atoms with van der Waals surface area (Å²) in [6.07, 6.45) is 1.67. The van der Waals surface area contributed by atoms with E-state index in [2.05, 4.69) is 15.5 Å². The average molecular weight is 338 g/mol. The van der Waals surface area contributed by atoms with Crippen LogP contribution in [0.4, 0.5) is 5.69 Å². The Balaban J connectivity index is 1.74. The number of benzene rings is 2. The predicted molar refractivity (Wildman–Crippen MR) is 96.5 cm³/mol. The molecule has 3 aromatic rings. The quantitative estimate of drug-likeness (QED) is 0.721. The summed E-state index contributed by atoms with van der Waals surface area (Å²) in [6.45, 7) is 3.90. The van der Waals surface area contributed by atoms with Gasteiger partial charge in [-0.2, -0.15) is 0 Å². The second-order valence-electron chi connectivity index (χ2n) is 5.39. The lowest BCUT2D eigenvalue weighted by Crippen LogP contribution is -2.22. The van der Waals surface area contributed by atoms with Crippen LogP contribution in [0, 0.1) is 6.92 Å². The Morgan fingerprint density at radius 3 is 2.58 bits per heavy atom. The van der Waals surface area contributed by atoms with E-state index in [1.165, 1.54) is 11.8 Å². The minimum Gasteiger partial charge on any atom is -0.325 e. The zero-order valence-electron chi connectivity index (χ0n) is 13.5. The molecule has 0 aliphatic rings. The first kappa shape index (κ1) is 16.3. The number of aryl methyl sites for hydroxylation is 1. The molecule has 3 rings (SSSR count). The molecule has 1 heterocycles. The Hall–Kier alpha value is -2.60. The summed E-state index contributed by atoms with van der Waals surface area (Å²) >= 11 is 1.39. The predicted octanol–water partition coefficient (Wildman–Crippen LogP) is 3.70. The molecule has 122 valence electrons. The van der Waals surface area contributed by atoms with Gasteiger partial charge in [-0.05, 0) is 37.6 Å². The molecule has 1 amide bonds. The molecule has 5 nitrogen and oxygen atoms in total. The monoisotopic (exact) mass is 338 g/mol. The van der Waals surface area contributed by atoms with Crippen LogP contribution < -0.4 is 5.32 Å². The second kappa shape index (κ2) is 7.31. The molecule has 0 bridgehead atoms. The van der Waals surface area contributed by atoms with Crippen molar-refractivity contribution in [3.8, 4) is 5.69 Å². The van der Waals surface area contributed by atoms with Crippen LogP contribution in [0.3, 0.4) is 0 Å². The van der Waals surface area contributed by atoms with Gasteiger partial charge in [-0.15, -0.1) is 10.2 Å². The average Bonchev–Trinajstić information content (AvgIpc) is 3.04. The summed E-state index contributed by atoms with van der Waals surface area (Å²) in [7, 11) is 0. The Morgan fingerprint density at radius 2 is 1.83 bits per heavy atom. The summed E-state index contributed by atoms with van der Waals surface area (Å²) in [5, 5.41) is 11.5. The van der Waals surface area contributed by atoms with Crippen LogP contribution in [-0.2, 0) is 4.79 Å². The normalized spacial score (nSPS) is 11.9. The van der Waals surface area contributed by atoms with Crippen molar-refractivity contribution in [2.75, 3.05) is 5.32 Å². The molecule has 0 aliphatic carbocycles. The largest absolute Gasteiger partial charge is 0.325 e. The van der Waals surface area contributed by atoms with E-state index in [1.807, 2.05) is 73.0 Å². The van der Waals surface area contributed by atoms with Gasteiger partial charge in [0.05, 0.1) is 10.9 Å². The van der Waals surface area contributed by atoms with Gasteiger partial charge >= 0.3 is 0 Å². The van der Waals surface area contributed by atoms with E-state index >= 15 is 0 Å². The number of aromatic nitrogens is 3. The zero-order valence-corrected chi connectivity index (χ0v) is 14.3. The van der Waals surface area contributed by atoms with Crippen LogP contribution in [-0.4, -0.2) is 25.9 Å². The smallest absolute Gasteiger partial charge is 0.237 e. The van der Waals surface area contributed by atoms with E-state index in [-0.39, 0.29) is 11.2 Å². The molecular formula is C18H18N4OS. The van der Waals surface area contributed by atoms with E-state index < -0.39 is 0 Å². The SMILES string of the molecule is Cc1ccccc1-n1cnnc1S[C@@H](C)C(=O)Nc1ccccc1. The van der Waals surface area contributed by atoms with E-state index in [0.29, 0.717) is 5.16 Å². The number of hydrogen-bond donors (Lipinski definition) is 1. The van der Waals surface area contributed by atoms with Crippen LogP contribution in [0.15, 0.2) is 66.1 Å². The Bertz CT molecular complexity index is 832. The van der Waals surface area contributed by atoms with Crippen LogP contribution in [0.25, 0.3) is 5.69 Å².